The van der Waals surface area contributed by atoms with Crippen molar-refractivity contribution in [1.82, 2.24) is 0 Å². The van der Waals surface area contributed by atoms with Crippen LogP contribution in [0.25, 0.3) is 0 Å². The summed E-state index contributed by atoms with van der Waals surface area (Å²) in [6.07, 6.45) is 2.01. The van der Waals surface area contributed by atoms with Crippen LogP contribution >= 0.6 is 11.8 Å². The van der Waals surface area contributed by atoms with Gasteiger partial charge in [0.1, 0.15) is 5.84 Å². The summed E-state index contributed by atoms with van der Waals surface area (Å²) in [5, 5.41) is 0. The molecule has 0 fully saturated rings. The molecule has 2 N–H and O–H groups in total. The van der Waals surface area contributed by atoms with Gasteiger partial charge in [0.25, 0.3) is 5.91 Å². The largest absolute Gasteiger partial charge is 0.383 e. The van der Waals surface area contributed by atoms with Crippen molar-refractivity contribution >= 4 is 23.5 Å². The van der Waals surface area contributed by atoms with E-state index in [0.717, 1.165) is 10.5 Å². The second kappa shape index (κ2) is 6.20. The molecule has 2 rings (SSSR count). The van der Waals surface area contributed by atoms with Gasteiger partial charge in [-0.3, -0.25) is 4.79 Å². The number of nitrogens with zero attached hydrogens (tertiary/aromatic N) is 1. The summed E-state index contributed by atoms with van der Waals surface area (Å²) in [5.41, 5.74) is 7.13. The summed E-state index contributed by atoms with van der Waals surface area (Å²) in [6.45, 7) is 0. The Kier molecular flexibility index (Phi) is 4.36. The molecule has 1 amide bonds. The van der Waals surface area contributed by atoms with E-state index in [9.17, 15) is 4.79 Å². The average Bonchev–Trinajstić information content (AvgIpc) is 2.48. The fourth-order valence-electron chi connectivity index (χ4n) is 1.58. The van der Waals surface area contributed by atoms with E-state index >= 15 is 0 Å². The SMILES string of the molecule is CSc1ccc(C(N)=NC(=O)c2ccccc2)cc1. The maximum atomic E-state index is 11.9. The molecular formula is C15H14N2OS. The van der Waals surface area contributed by atoms with Crippen LogP contribution in [0.4, 0.5) is 0 Å². The molecule has 0 unspecified atom stereocenters. The van der Waals surface area contributed by atoms with Crippen molar-refractivity contribution in [1.29, 1.82) is 0 Å². The number of carbonyl (C=O) groups excluding carboxylic acids is 1. The molecule has 0 aliphatic carbocycles. The van der Waals surface area contributed by atoms with Crippen molar-refractivity contribution in [3.8, 4) is 0 Å². The third kappa shape index (κ3) is 3.45. The number of amidine groups is 1. The number of hydrogen-bond acceptors (Lipinski definition) is 2. The van der Waals surface area contributed by atoms with Crippen LogP contribution in [0.5, 0.6) is 0 Å². The molecule has 2 aromatic carbocycles. The quantitative estimate of drug-likeness (QED) is 0.530. The van der Waals surface area contributed by atoms with E-state index in [-0.39, 0.29) is 11.7 Å². The normalized spacial score (nSPS) is 11.3. The standard InChI is InChI=1S/C15H14N2OS/c1-19-13-9-7-11(8-10-13)14(16)17-15(18)12-5-3-2-4-6-12/h2-10H,1H3,(H2,16,17,18). The van der Waals surface area contributed by atoms with Gasteiger partial charge >= 0.3 is 0 Å². The van der Waals surface area contributed by atoms with E-state index in [4.69, 9.17) is 5.73 Å². The summed E-state index contributed by atoms with van der Waals surface area (Å²) < 4.78 is 0. The zero-order chi connectivity index (χ0) is 13.7. The van der Waals surface area contributed by atoms with Gasteiger partial charge in [0.2, 0.25) is 0 Å². The van der Waals surface area contributed by atoms with Crippen LogP contribution in [0, 0.1) is 0 Å². The van der Waals surface area contributed by atoms with Crippen LogP contribution in [0.1, 0.15) is 15.9 Å². The molecule has 0 aliphatic heterocycles. The first-order valence-electron chi connectivity index (χ1n) is 5.78. The Morgan fingerprint density at radius 1 is 1.00 bits per heavy atom. The number of thioether (sulfide) groups is 1. The van der Waals surface area contributed by atoms with Crippen LogP contribution in [-0.4, -0.2) is 18.0 Å². The minimum absolute atomic E-state index is 0.238. The Labute approximate surface area is 116 Å². The molecule has 0 bridgehead atoms. The number of nitrogens with two attached hydrogens (primary N) is 1. The molecule has 0 saturated heterocycles. The Hall–Kier alpha value is -2.07. The van der Waals surface area contributed by atoms with E-state index in [1.165, 1.54) is 0 Å². The van der Waals surface area contributed by atoms with Gasteiger partial charge in [0.05, 0.1) is 0 Å². The Morgan fingerprint density at radius 3 is 2.21 bits per heavy atom. The summed E-state index contributed by atoms with van der Waals surface area (Å²) in [5.74, 6) is -0.0893. The maximum absolute atomic E-state index is 11.9. The van der Waals surface area contributed by atoms with Gasteiger partial charge in [-0.25, -0.2) is 0 Å². The third-order valence-electron chi connectivity index (χ3n) is 2.63. The Balaban J connectivity index is 2.20. The van der Waals surface area contributed by atoms with Crippen LogP contribution in [-0.2, 0) is 0 Å². The van der Waals surface area contributed by atoms with Gasteiger partial charge in [0.15, 0.2) is 0 Å². The lowest BCUT2D eigenvalue weighted by atomic mass is 10.2. The number of aliphatic imine (C=N–C) groups is 1. The van der Waals surface area contributed by atoms with Crippen molar-refractivity contribution in [2.24, 2.45) is 10.7 Å². The molecule has 3 nitrogen and oxygen atoms in total. The van der Waals surface area contributed by atoms with Gasteiger partial charge < -0.3 is 5.73 Å². The first kappa shape index (κ1) is 13.4. The van der Waals surface area contributed by atoms with E-state index in [0.29, 0.717) is 5.56 Å². The zero-order valence-electron chi connectivity index (χ0n) is 10.5. The van der Waals surface area contributed by atoms with E-state index < -0.39 is 0 Å². The molecule has 19 heavy (non-hydrogen) atoms. The third-order valence-corrected chi connectivity index (χ3v) is 3.37. The fraction of sp³-hybridized carbons (Fsp3) is 0.0667. The molecule has 0 radical (unpaired) electrons. The minimum Gasteiger partial charge on any atom is -0.383 e. The number of benzene rings is 2. The second-order valence-corrected chi connectivity index (χ2v) is 4.78. The number of rotatable bonds is 3. The average molecular weight is 270 g/mol. The molecule has 0 aromatic heterocycles. The van der Waals surface area contributed by atoms with Crippen LogP contribution in [0.2, 0.25) is 0 Å². The van der Waals surface area contributed by atoms with E-state index in [2.05, 4.69) is 4.99 Å². The fourth-order valence-corrected chi connectivity index (χ4v) is 1.99. The predicted octanol–water partition coefficient (Wildman–Crippen LogP) is 2.95. The number of carbonyl (C=O) groups is 1. The smallest absolute Gasteiger partial charge is 0.278 e. The highest BCUT2D eigenvalue weighted by Crippen LogP contribution is 2.14. The topological polar surface area (TPSA) is 55.4 Å². The molecular weight excluding hydrogens is 256 g/mol. The lowest BCUT2D eigenvalue weighted by molar-refractivity contribution is 0.100. The first-order valence-corrected chi connectivity index (χ1v) is 7.01. The van der Waals surface area contributed by atoms with E-state index in [1.54, 1.807) is 36.0 Å². The highest BCUT2D eigenvalue weighted by atomic mass is 32.2. The highest BCUT2D eigenvalue weighted by molar-refractivity contribution is 7.98. The van der Waals surface area contributed by atoms with Gasteiger partial charge in [-0.05, 0) is 30.5 Å². The molecule has 4 heteroatoms. The predicted molar refractivity (Wildman–Crippen MR) is 79.7 cm³/mol. The molecule has 0 heterocycles. The van der Waals surface area contributed by atoms with Crippen LogP contribution in [0.15, 0.2) is 64.5 Å². The van der Waals surface area contributed by atoms with Crippen molar-refractivity contribution in [3.05, 3.63) is 65.7 Å². The van der Waals surface area contributed by atoms with Crippen LogP contribution < -0.4 is 5.73 Å². The minimum atomic E-state index is -0.327. The van der Waals surface area contributed by atoms with Crippen LogP contribution in [0.3, 0.4) is 0 Å². The summed E-state index contributed by atoms with van der Waals surface area (Å²) in [6, 6.07) is 16.5. The van der Waals surface area contributed by atoms with Crippen molar-refractivity contribution < 1.29 is 4.79 Å². The highest BCUT2D eigenvalue weighted by Gasteiger charge is 2.05. The molecule has 96 valence electrons. The zero-order valence-corrected chi connectivity index (χ0v) is 11.4. The van der Waals surface area contributed by atoms with Crippen molar-refractivity contribution in [2.75, 3.05) is 6.26 Å². The molecule has 0 saturated carbocycles. The number of hydrogen-bond donors (Lipinski definition) is 1. The van der Waals surface area contributed by atoms with Crippen molar-refractivity contribution in [3.63, 3.8) is 0 Å². The lowest BCUT2D eigenvalue weighted by Gasteiger charge is -2.02. The van der Waals surface area contributed by atoms with Gasteiger partial charge in [-0.2, -0.15) is 4.99 Å². The first-order chi connectivity index (χ1) is 9.20. The van der Waals surface area contributed by atoms with Gasteiger partial charge in [-0.1, -0.05) is 30.3 Å². The second-order valence-electron chi connectivity index (χ2n) is 3.90. The molecule has 0 spiro atoms. The molecule has 0 aliphatic rings. The lowest BCUT2D eigenvalue weighted by Crippen LogP contribution is -2.15. The Bertz CT molecular complexity index is 591. The molecule has 0 atom stereocenters. The van der Waals surface area contributed by atoms with Gasteiger partial charge in [-0.15, -0.1) is 11.8 Å². The Morgan fingerprint density at radius 2 is 1.63 bits per heavy atom. The van der Waals surface area contributed by atoms with Crippen molar-refractivity contribution in [2.45, 2.75) is 4.90 Å². The molecule has 2 aromatic rings. The van der Waals surface area contributed by atoms with E-state index in [1.807, 2.05) is 36.6 Å². The maximum Gasteiger partial charge on any atom is 0.278 e. The monoisotopic (exact) mass is 270 g/mol. The summed E-state index contributed by atoms with van der Waals surface area (Å²) in [7, 11) is 0. The van der Waals surface area contributed by atoms with Gasteiger partial charge in [0, 0.05) is 16.0 Å². The summed E-state index contributed by atoms with van der Waals surface area (Å²) >= 11 is 1.65. The number of amides is 1. The summed E-state index contributed by atoms with van der Waals surface area (Å²) in [4.78, 5) is 16.9.